The average molecular weight is 840 g/mol. The monoisotopic (exact) mass is 840 g/mol. The van der Waals surface area contributed by atoms with Gasteiger partial charge in [-0.1, -0.05) is 197 Å². The molecule has 0 heterocycles. The molecule has 1 amide bonds. The first-order chi connectivity index (χ1) is 29.5. The normalized spacial score (nSPS) is 13.2. The van der Waals surface area contributed by atoms with Crippen molar-refractivity contribution in [3.63, 3.8) is 0 Å². The molecule has 0 bridgehead atoms. The summed E-state index contributed by atoms with van der Waals surface area (Å²) in [4.78, 5) is 24.4. The Balaban J connectivity index is 3.58. The maximum atomic E-state index is 12.4. The van der Waals surface area contributed by atoms with Gasteiger partial charge >= 0.3 is 5.97 Å². The topological polar surface area (TPSA) is 95.9 Å². The van der Waals surface area contributed by atoms with Gasteiger partial charge in [0.25, 0.3) is 0 Å². The molecule has 0 aliphatic heterocycles. The third-order valence-electron chi connectivity index (χ3n) is 11.3. The Morgan fingerprint density at radius 3 is 1.40 bits per heavy atom. The molecule has 0 radical (unpaired) electrons. The van der Waals surface area contributed by atoms with Gasteiger partial charge in [-0.05, 0) is 96.3 Å². The lowest BCUT2D eigenvalue weighted by atomic mass is 10.0. The van der Waals surface area contributed by atoms with Gasteiger partial charge in [0, 0.05) is 12.8 Å². The van der Waals surface area contributed by atoms with Gasteiger partial charge in [-0.15, -0.1) is 0 Å². The number of aliphatic hydroxyl groups excluding tert-OH is 2. The molecule has 6 nitrogen and oxygen atoms in total. The minimum atomic E-state index is -0.859. The highest BCUT2D eigenvalue weighted by atomic mass is 16.5. The molecule has 0 aromatic heterocycles. The van der Waals surface area contributed by atoms with E-state index in [1.54, 1.807) is 6.08 Å². The number of aliphatic hydroxyl groups is 2. The summed E-state index contributed by atoms with van der Waals surface area (Å²) in [6.45, 7) is 4.79. The molecule has 0 fully saturated rings. The van der Waals surface area contributed by atoms with E-state index in [0.29, 0.717) is 19.4 Å². The second-order valence-corrected chi connectivity index (χ2v) is 17.2. The van der Waals surface area contributed by atoms with Gasteiger partial charge in [-0.3, -0.25) is 9.59 Å². The Hall–Kier alpha value is -2.44. The minimum absolute atomic E-state index is 0.0382. The molecule has 0 saturated heterocycles. The molecule has 348 valence electrons. The van der Waals surface area contributed by atoms with Gasteiger partial charge in [-0.25, -0.2) is 0 Å². The van der Waals surface area contributed by atoms with E-state index in [0.717, 1.165) is 89.9 Å². The Kier molecular flexibility index (Phi) is 47.2. The van der Waals surface area contributed by atoms with Crippen LogP contribution in [0, 0.1) is 0 Å². The Bertz CT molecular complexity index is 1060. The smallest absolute Gasteiger partial charge is 0.305 e. The fourth-order valence-electron chi connectivity index (χ4n) is 7.30. The van der Waals surface area contributed by atoms with Crippen LogP contribution in [-0.2, 0) is 14.3 Å². The van der Waals surface area contributed by atoms with Crippen LogP contribution in [0.15, 0.2) is 60.8 Å². The molecule has 2 unspecified atom stereocenters. The van der Waals surface area contributed by atoms with Gasteiger partial charge in [-0.2, -0.15) is 0 Å². The van der Waals surface area contributed by atoms with Crippen LogP contribution in [0.1, 0.15) is 245 Å². The summed E-state index contributed by atoms with van der Waals surface area (Å²) in [6.07, 6.45) is 62.2. The quantitative estimate of drug-likeness (QED) is 0.0246. The molecule has 2 atom stereocenters. The average Bonchev–Trinajstić information content (AvgIpc) is 3.25. The van der Waals surface area contributed by atoms with E-state index >= 15 is 0 Å². The number of hydrogen-bond acceptors (Lipinski definition) is 5. The Labute approximate surface area is 371 Å². The van der Waals surface area contributed by atoms with Gasteiger partial charge in [0.1, 0.15) is 0 Å². The lowest BCUT2D eigenvalue weighted by molar-refractivity contribution is -0.143. The van der Waals surface area contributed by atoms with Crippen LogP contribution in [0.5, 0.6) is 0 Å². The van der Waals surface area contributed by atoms with Crippen molar-refractivity contribution in [2.45, 2.75) is 257 Å². The standard InChI is InChI=1S/C54H97NO5/c1-3-5-7-9-11-13-15-17-19-24-28-32-36-40-44-48-54(59)60-49-45-41-37-33-29-25-21-18-20-23-27-31-35-39-43-47-53(58)55-51(50-56)52(57)46-42-38-34-30-26-22-16-14-12-10-8-6-4-2/h11,13,17-19,21,25,29,42,46,51-52,56-57H,3-10,12,14-16,20,22-24,26-28,30-41,43-45,47-50H2,1-2H3,(H,55,58)/b13-11-,19-17-,21-18-,29-25-,46-42+. The van der Waals surface area contributed by atoms with E-state index in [4.69, 9.17) is 4.74 Å². The molecule has 0 saturated carbocycles. The van der Waals surface area contributed by atoms with Gasteiger partial charge in [0.15, 0.2) is 0 Å². The highest BCUT2D eigenvalue weighted by Crippen LogP contribution is 2.14. The third-order valence-corrected chi connectivity index (χ3v) is 11.3. The van der Waals surface area contributed by atoms with Crippen LogP contribution in [0.3, 0.4) is 0 Å². The number of ether oxygens (including phenoxy) is 1. The van der Waals surface area contributed by atoms with Crippen LogP contribution in [-0.4, -0.2) is 47.4 Å². The maximum absolute atomic E-state index is 12.4. The predicted molar refractivity (Wildman–Crippen MR) is 259 cm³/mol. The van der Waals surface area contributed by atoms with Gasteiger partial charge < -0.3 is 20.3 Å². The van der Waals surface area contributed by atoms with Crippen LogP contribution < -0.4 is 5.32 Å². The Morgan fingerprint density at radius 1 is 0.483 bits per heavy atom. The molecule has 0 rings (SSSR count). The van der Waals surface area contributed by atoms with Crippen molar-refractivity contribution in [1.82, 2.24) is 5.32 Å². The lowest BCUT2D eigenvalue weighted by Crippen LogP contribution is -2.45. The number of carbonyl (C=O) groups is 2. The summed E-state index contributed by atoms with van der Waals surface area (Å²) in [5.41, 5.74) is 0. The fourth-order valence-corrected chi connectivity index (χ4v) is 7.30. The van der Waals surface area contributed by atoms with Crippen molar-refractivity contribution in [3.8, 4) is 0 Å². The molecule has 6 heteroatoms. The number of nitrogens with one attached hydrogen (secondary N) is 1. The van der Waals surface area contributed by atoms with Crippen molar-refractivity contribution in [3.05, 3.63) is 60.8 Å². The third kappa shape index (κ3) is 45.1. The maximum Gasteiger partial charge on any atom is 0.305 e. The number of unbranched alkanes of at least 4 members (excludes halogenated alkanes) is 28. The van der Waals surface area contributed by atoms with Crippen molar-refractivity contribution < 1.29 is 24.5 Å². The SMILES string of the molecule is CCCCC/C=C\C/C=C\CCCCCCCC(=O)OCCCCC/C=C\C=C/CCCCCCCCC(=O)NC(CO)C(O)/C=C/CCCCCCCCCCCCC. The zero-order chi connectivity index (χ0) is 43.7. The summed E-state index contributed by atoms with van der Waals surface area (Å²) in [5, 5.41) is 23.0. The molecule has 0 aromatic rings. The first-order valence-electron chi connectivity index (χ1n) is 25.6. The lowest BCUT2D eigenvalue weighted by Gasteiger charge is -2.20. The summed E-state index contributed by atoms with van der Waals surface area (Å²) in [7, 11) is 0. The molecular weight excluding hydrogens is 743 g/mol. The molecule has 0 aliphatic carbocycles. The molecular formula is C54H97NO5. The minimum Gasteiger partial charge on any atom is -0.466 e. The fraction of sp³-hybridized carbons (Fsp3) is 0.778. The van der Waals surface area contributed by atoms with Crippen molar-refractivity contribution in [2.75, 3.05) is 13.2 Å². The zero-order valence-corrected chi connectivity index (χ0v) is 39.4. The Morgan fingerprint density at radius 2 is 0.883 bits per heavy atom. The molecule has 3 N–H and O–H groups in total. The molecule has 0 spiro atoms. The van der Waals surface area contributed by atoms with Crippen LogP contribution in [0.25, 0.3) is 0 Å². The van der Waals surface area contributed by atoms with Gasteiger partial charge in [0.2, 0.25) is 5.91 Å². The largest absolute Gasteiger partial charge is 0.466 e. The summed E-state index contributed by atoms with van der Waals surface area (Å²) in [6, 6.07) is -0.645. The zero-order valence-electron chi connectivity index (χ0n) is 39.4. The highest BCUT2D eigenvalue weighted by Gasteiger charge is 2.18. The number of carbonyl (C=O) groups excluding carboxylic acids is 2. The second-order valence-electron chi connectivity index (χ2n) is 17.2. The first kappa shape index (κ1) is 57.6. The molecule has 0 aliphatic rings. The van der Waals surface area contributed by atoms with E-state index in [1.807, 2.05) is 6.08 Å². The van der Waals surface area contributed by atoms with Crippen molar-refractivity contribution in [1.29, 1.82) is 0 Å². The first-order valence-corrected chi connectivity index (χ1v) is 25.6. The second kappa shape index (κ2) is 49.2. The molecule has 0 aromatic carbocycles. The number of allylic oxidation sites excluding steroid dienone is 9. The van der Waals surface area contributed by atoms with Gasteiger partial charge in [0.05, 0.1) is 25.4 Å². The number of rotatable bonds is 46. The van der Waals surface area contributed by atoms with E-state index in [9.17, 15) is 19.8 Å². The number of hydrogen-bond donors (Lipinski definition) is 3. The van der Waals surface area contributed by atoms with E-state index in [1.165, 1.54) is 128 Å². The van der Waals surface area contributed by atoms with E-state index < -0.39 is 12.1 Å². The highest BCUT2D eigenvalue weighted by molar-refractivity contribution is 5.76. The predicted octanol–water partition coefficient (Wildman–Crippen LogP) is 15.2. The van der Waals surface area contributed by atoms with Crippen LogP contribution >= 0.6 is 0 Å². The number of amides is 1. The number of esters is 1. The molecule has 60 heavy (non-hydrogen) atoms. The van der Waals surface area contributed by atoms with Crippen LogP contribution in [0.2, 0.25) is 0 Å². The summed E-state index contributed by atoms with van der Waals surface area (Å²) >= 11 is 0. The van der Waals surface area contributed by atoms with Crippen molar-refractivity contribution in [2.24, 2.45) is 0 Å². The summed E-state index contributed by atoms with van der Waals surface area (Å²) in [5.74, 6) is -0.132. The van der Waals surface area contributed by atoms with Crippen LogP contribution in [0.4, 0.5) is 0 Å². The van der Waals surface area contributed by atoms with E-state index in [-0.39, 0.29) is 18.5 Å². The van der Waals surface area contributed by atoms with Crippen molar-refractivity contribution >= 4 is 11.9 Å². The van der Waals surface area contributed by atoms with E-state index in [2.05, 4.69) is 67.8 Å². The summed E-state index contributed by atoms with van der Waals surface area (Å²) < 4.78 is 5.43.